The lowest BCUT2D eigenvalue weighted by molar-refractivity contribution is -0.114. The van der Waals surface area contributed by atoms with Crippen LogP contribution >= 0.6 is 0 Å². The summed E-state index contributed by atoms with van der Waals surface area (Å²) in [7, 11) is 8.65. The van der Waals surface area contributed by atoms with Crippen molar-refractivity contribution >= 4 is 6.29 Å². The van der Waals surface area contributed by atoms with Gasteiger partial charge >= 0.3 is 0 Å². The minimum atomic E-state index is -0.566. The van der Waals surface area contributed by atoms with Crippen molar-refractivity contribution < 1.29 is 23.7 Å². The average Bonchev–Trinajstić information content (AvgIpc) is 2.84. The molecular formula is C27H39NO5. The molecule has 33 heavy (non-hydrogen) atoms. The Morgan fingerprint density at radius 3 is 1.97 bits per heavy atom. The van der Waals surface area contributed by atoms with E-state index >= 15 is 0 Å². The van der Waals surface area contributed by atoms with Crippen LogP contribution in [0.5, 0.6) is 23.0 Å². The number of ether oxygens (including phenoxy) is 4. The third kappa shape index (κ3) is 6.41. The molecule has 182 valence electrons. The second-order valence-electron chi connectivity index (χ2n) is 8.73. The molecule has 6 heteroatoms. The van der Waals surface area contributed by atoms with Crippen molar-refractivity contribution in [3.8, 4) is 23.0 Å². The van der Waals surface area contributed by atoms with E-state index < -0.39 is 5.41 Å². The van der Waals surface area contributed by atoms with Gasteiger partial charge in [0.25, 0.3) is 0 Å². The Kier molecular flexibility index (Phi) is 10.0. The molecule has 6 nitrogen and oxygen atoms in total. The van der Waals surface area contributed by atoms with E-state index in [1.807, 2.05) is 30.3 Å². The lowest BCUT2D eigenvalue weighted by Gasteiger charge is -2.34. The number of carbonyl (C=O) groups excluding carboxylic acids is 1. The van der Waals surface area contributed by atoms with Gasteiger partial charge < -0.3 is 28.6 Å². The molecule has 0 amide bonds. The van der Waals surface area contributed by atoms with E-state index in [9.17, 15) is 4.79 Å². The minimum absolute atomic E-state index is 0.158. The summed E-state index contributed by atoms with van der Waals surface area (Å²) in [6.45, 7) is 6.03. The number of hydrogen-bond donors (Lipinski definition) is 0. The maximum atomic E-state index is 12.4. The number of likely N-dealkylation sites (N-methyl/N-ethyl adjacent to an activating group) is 1. The van der Waals surface area contributed by atoms with Gasteiger partial charge in [-0.05, 0) is 74.2 Å². The molecule has 2 aromatic carbocycles. The molecule has 0 N–H and O–H groups in total. The quantitative estimate of drug-likeness (QED) is 0.381. The molecule has 0 aliphatic rings. The molecule has 0 radical (unpaired) electrons. The molecule has 0 heterocycles. The molecule has 0 saturated heterocycles. The average molecular weight is 458 g/mol. The first-order chi connectivity index (χ1) is 15.8. The summed E-state index contributed by atoms with van der Waals surface area (Å²) in [5.41, 5.74) is 1.61. The zero-order chi connectivity index (χ0) is 24.4. The first-order valence-electron chi connectivity index (χ1n) is 11.4. The van der Waals surface area contributed by atoms with Crippen molar-refractivity contribution in [1.29, 1.82) is 0 Å². The van der Waals surface area contributed by atoms with Gasteiger partial charge in [0.05, 0.1) is 33.9 Å². The van der Waals surface area contributed by atoms with Crippen LogP contribution in [0.15, 0.2) is 36.4 Å². The number of carbonyl (C=O) groups is 1. The van der Waals surface area contributed by atoms with Gasteiger partial charge in [0.2, 0.25) is 0 Å². The van der Waals surface area contributed by atoms with Crippen LogP contribution < -0.4 is 18.9 Å². The molecule has 0 aliphatic heterocycles. The second kappa shape index (κ2) is 12.5. The predicted molar refractivity (Wildman–Crippen MR) is 132 cm³/mol. The zero-order valence-corrected chi connectivity index (χ0v) is 21.1. The van der Waals surface area contributed by atoms with Crippen LogP contribution in [0.4, 0.5) is 0 Å². The molecule has 2 rings (SSSR count). The van der Waals surface area contributed by atoms with Gasteiger partial charge in [0, 0.05) is 6.54 Å². The number of methoxy groups -OCH3 is 4. The van der Waals surface area contributed by atoms with E-state index in [0.717, 1.165) is 55.7 Å². The molecule has 0 spiro atoms. The van der Waals surface area contributed by atoms with Crippen molar-refractivity contribution in [2.45, 2.75) is 38.5 Å². The lowest BCUT2D eigenvalue weighted by Crippen LogP contribution is -2.35. The van der Waals surface area contributed by atoms with Crippen LogP contribution in [0, 0.1) is 5.92 Å². The highest BCUT2D eigenvalue weighted by molar-refractivity contribution is 5.70. The number of nitrogens with zero attached hydrogens (tertiary/aromatic N) is 1. The lowest BCUT2D eigenvalue weighted by atomic mass is 9.69. The van der Waals surface area contributed by atoms with E-state index in [1.165, 1.54) is 5.56 Å². The van der Waals surface area contributed by atoms with Crippen LogP contribution in [-0.4, -0.2) is 59.8 Å². The van der Waals surface area contributed by atoms with Gasteiger partial charge in [-0.1, -0.05) is 26.0 Å². The largest absolute Gasteiger partial charge is 0.493 e. The minimum Gasteiger partial charge on any atom is -0.493 e. The van der Waals surface area contributed by atoms with E-state index in [0.29, 0.717) is 11.5 Å². The van der Waals surface area contributed by atoms with Gasteiger partial charge in [-0.2, -0.15) is 0 Å². The monoisotopic (exact) mass is 457 g/mol. The predicted octanol–water partition coefficient (Wildman–Crippen LogP) is 4.77. The van der Waals surface area contributed by atoms with Crippen molar-refractivity contribution in [3.05, 3.63) is 47.5 Å². The molecule has 0 saturated carbocycles. The summed E-state index contributed by atoms with van der Waals surface area (Å²) >= 11 is 0. The Bertz CT molecular complexity index is 898. The molecule has 0 aliphatic carbocycles. The highest BCUT2D eigenvalue weighted by atomic mass is 16.5. The van der Waals surface area contributed by atoms with Crippen molar-refractivity contribution in [3.63, 3.8) is 0 Å². The van der Waals surface area contributed by atoms with Gasteiger partial charge in [-0.15, -0.1) is 0 Å². The summed E-state index contributed by atoms with van der Waals surface area (Å²) in [4.78, 5) is 14.7. The van der Waals surface area contributed by atoms with E-state index in [4.69, 9.17) is 18.9 Å². The van der Waals surface area contributed by atoms with Gasteiger partial charge in [0.1, 0.15) is 6.29 Å². The Morgan fingerprint density at radius 2 is 1.42 bits per heavy atom. The number of hydrogen-bond acceptors (Lipinski definition) is 6. The Labute approximate surface area is 198 Å². The SMILES string of the molecule is COc1ccc(CCN(C)CCC[C@](C=O)(c2ccc(OC)c(OC)c2)C(C)C)cc1OC. The number of benzene rings is 2. The first kappa shape index (κ1) is 26.5. The maximum absolute atomic E-state index is 12.4. The summed E-state index contributed by atoms with van der Waals surface area (Å²) in [6, 6.07) is 11.8. The van der Waals surface area contributed by atoms with Gasteiger partial charge in [-0.25, -0.2) is 0 Å². The van der Waals surface area contributed by atoms with Crippen LogP contribution in [0.25, 0.3) is 0 Å². The highest BCUT2D eigenvalue weighted by Crippen LogP contribution is 2.39. The van der Waals surface area contributed by atoms with Crippen LogP contribution in [0.1, 0.15) is 37.8 Å². The Balaban J connectivity index is 2.02. The molecule has 0 unspecified atom stereocenters. The summed E-state index contributed by atoms with van der Waals surface area (Å²) < 4.78 is 21.6. The summed E-state index contributed by atoms with van der Waals surface area (Å²) in [6.07, 6.45) is 3.70. The fourth-order valence-corrected chi connectivity index (χ4v) is 4.26. The van der Waals surface area contributed by atoms with E-state index in [1.54, 1.807) is 28.4 Å². The fourth-order valence-electron chi connectivity index (χ4n) is 4.26. The summed E-state index contributed by atoms with van der Waals surface area (Å²) in [5.74, 6) is 2.96. The standard InChI is InChI=1S/C27H39NO5/c1-20(2)27(19-29,22-10-12-24(31-5)26(18-22)33-7)14-8-15-28(3)16-13-21-9-11-23(30-4)25(17-21)32-6/h9-12,17-20H,8,13-16H2,1-7H3/t27-/m1/s1. The molecule has 2 aromatic rings. The van der Waals surface area contributed by atoms with E-state index in [2.05, 4.69) is 31.9 Å². The normalized spacial score (nSPS) is 13.0. The highest BCUT2D eigenvalue weighted by Gasteiger charge is 2.36. The van der Waals surface area contributed by atoms with Crippen molar-refractivity contribution in [2.75, 3.05) is 48.6 Å². The van der Waals surface area contributed by atoms with Crippen LogP contribution in [0.2, 0.25) is 0 Å². The molecule has 0 aromatic heterocycles. The molecule has 0 bridgehead atoms. The third-order valence-corrected chi connectivity index (χ3v) is 6.52. The topological polar surface area (TPSA) is 57.2 Å². The number of aldehydes is 1. The van der Waals surface area contributed by atoms with Gasteiger partial charge in [-0.3, -0.25) is 0 Å². The molecule has 0 fully saturated rings. The zero-order valence-electron chi connectivity index (χ0n) is 21.1. The maximum Gasteiger partial charge on any atom is 0.161 e. The number of rotatable bonds is 14. The smallest absolute Gasteiger partial charge is 0.161 e. The second-order valence-corrected chi connectivity index (χ2v) is 8.73. The van der Waals surface area contributed by atoms with Gasteiger partial charge in [0.15, 0.2) is 23.0 Å². The van der Waals surface area contributed by atoms with Crippen LogP contribution in [0.3, 0.4) is 0 Å². The molecule has 1 atom stereocenters. The summed E-state index contributed by atoms with van der Waals surface area (Å²) in [5, 5.41) is 0. The third-order valence-electron chi connectivity index (χ3n) is 6.52. The Morgan fingerprint density at radius 1 is 0.848 bits per heavy atom. The fraction of sp³-hybridized carbons (Fsp3) is 0.519. The first-order valence-corrected chi connectivity index (χ1v) is 11.4. The van der Waals surface area contributed by atoms with Crippen molar-refractivity contribution in [1.82, 2.24) is 4.90 Å². The molecular weight excluding hydrogens is 418 g/mol. The van der Waals surface area contributed by atoms with Crippen LogP contribution in [-0.2, 0) is 16.6 Å². The van der Waals surface area contributed by atoms with E-state index in [-0.39, 0.29) is 5.92 Å². The van der Waals surface area contributed by atoms with Crippen molar-refractivity contribution in [2.24, 2.45) is 5.92 Å². The Hall–Kier alpha value is -2.73.